The molecule has 9 heteroatoms. The van der Waals surface area contributed by atoms with Crippen LogP contribution in [0.15, 0.2) is 0 Å². The number of aromatic nitrogens is 3. The molecule has 2 N–H and O–H groups in total. The van der Waals surface area contributed by atoms with E-state index in [9.17, 15) is 13.2 Å². The largest absolute Gasteiger partial charge is 0.451 e. The van der Waals surface area contributed by atoms with Crippen molar-refractivity contribution in [2.45, 2.75) is 25.3 Å². The zero-order valence-electron chi connectivity index (χ0n) is 10.5. The number of hydrogen-bond acceptors (Lipinski definition) is 5. The van der Waals surface area contributed by atoms with Crippen molar-refractivity contribution in [2.24, 2.45) is 5.73 Å². The molecule has 2 rings (SSSR count). The van der Waals surface area contributed by atoms with Gasteiger partial charge in [0.05, 0.1) is 13.2 Å². The number of nitrogens with zero attached hydrogens (tertiary/aromatic N) is 4. The first-order chi connectivity index (χ1) is 8.97. The number of methoxy groups -OCH3 is 1. The molecular weight excluding hydrogens is 263 g/mol. The van der Waals surface area contributed by atoms with Crippen LogP contribution in [0.1, 0.15) is 11.6 Å². The first kappa shape index (κ1) is 14.2. The highest BCUT2D eigenvalue weighted by atomic mass is 19.4. The average Bonchev–Trinajstić information content (AvgIpc) is 2.78. The molecule has 0 aliphatic carbocycles. The monoisotopic (exact) mass is 279 g/mol. The quantitative estimate of drug-likeness (QED) is 0.845. The normalized spacial score (nSPS) is 18.4. The predicted molar refractivity (Wildman–Crippen MR) is 60.2 cm³/mol. The molecule has 0 amide bonds. The fourth-order valence-electron chi connectivity index (χ4n) is 2.21. The smallest absolute Gasteiger partial charge is 0.383 e. The molecule has 0 spiro atoms. The summed E-state index contributed by atoms with van der Waals surface area (Å²) in [4.78, 5) is 1.97. The van der Waals surface area contributed by atoms with E-state index < -0.39 is 12.0 Å². The van der Waals surface area contributed by atoms with Crippen molar-refractivity contribution in [3.05, 3.63) is 11.6 Å². The van der Waals surface area contributed by atoms with Crippen molar-refractivity contribution in [1.29, 1.82) is 0 Å². The lowest BCUT2D eigenvalue weighted by atomic mass is 10.2. The molecule has 108 valence electrons. The Morgan fingerprint density at radius 1 is 1.37 bits per heavy atom. The maximum absolute atomic E-state index is 12.7. The van der Waals surface area contributed by atoms with E-state index in [1.807, 2.05) is 4.90 Å². The lowest BCUT2D eigenvalue weighted by Crippen LogP contribution is -2.47. The molecule has 0 fully saturated rings. The van der Waals surface area contributed by atoms with E-state index >= 15 is 0 Å². The van der Waals surface area contributed by atoms with Gasteiger partial charge < -0.3 is 15.0 Å². The standard InChI is InChI=1S/C10H16F3N5O/c1-19-6-7(4-14)17-2-3-18-8(5-17)15-16-9(18)10(11,12)13/h7H,2-6,14H2,1H3. The van der Waals surface area contributed by atoms with Gasteiger partial charge >= 0.3 is 6.18 Å². The van der Waals surface area contributed by atoms with Crippen molar-refractivity contribution in [1.82, 2.24) is 19.7 Å². The fourth-order valence-corrected chi connectivity index (χ4v) is 2.21. The van der Waals surface area contributed by atoms with E-state index in [0.717, 1.165) is 4.57 Å². The molecule has 1 aliphatic rings. The van der Waals surface area contributed by atoms with Gasteiger partial charge in [0.25, 0.3) is 0 Å². The molecule has 1 aromatic heterocycles. The van der Waals surface area contributed by atoms with Gasteiger partial charge in [-0.15, -0.1) is 10.2 Å². The Bertz CT molecular complexity index is 433. The van der Waals surface area contributed by atoms with E-state index in [-0.39, 0.29) is 12.6 Å². The topological polar surface area (TPSA) is 69.2 Å². The zero-order valence-corrected chi connectivity index (χ0v) is 10.5. The van der Waals surface area contributed by atoms with E-state index in [1.54, 1.807) is 7.11 Å². The number of alkyl halides is 3. The third-order valence-corrected chi connectivity index (χ3v) is 3.18. The molecule has 0 aromatic carbocycles. The average molecular weight is 279 g/mol. The number of ether oxygens (including phenoxy) is 1. The highest BCUT2D eigenvalue weighted by Crippen LogP contribution is 2.29. The summed E-state index contributed by atoms with van der Waals surface area (Å²) in [5.74, 6) is -0.619. The van der Waals surface area contributed by atoms with Crippen molar-refractivity contribution >= 4 is 0 Å². The van der Waals surface area contributed by atoms with E-state index in [2.05, 4.69) is 10.2 Å². The van der Waals surface area contributed by atoms with Crippen LogP contribution in [0.5, 0.6) is 0 Å². The zero-order chi connectivity index (χ0) is 14.0. The Labute approximate surface area is 108 Å². The number of hydrogen-bond donors (Lipinski definition) is 1. The van der Waals surface area contributed by atoms with Gasteiger partial charge in [0.2, 0.25) is 5.82 Å². The highest BCUT2D eigenvalue weighted by Gasteiger charge is 2.39. The van der Waals surface area contributed by atoms with E-state index in [0.29, 0.717) is 32.1 Å². The van der Waals surface area contributed by atoms with E-state index in [4.69, 9.17) is 10.5 Å². The third kappa shape index (κ3) is 2.88. The molecule has 0 radical (unpaired) electrons. The highest BCUT2D eigenvalue weighted by molar-refractivity contribution is 5.02. The Hall–Kier alpha value is -1.19. The minimum absolute atomic E-state index is 0.0233. The van der Waals surface area contributed by atoms with Crippen LogP contribution in [0.25, 0.3) is 0 Å². The van der Waals surface area contributed by atoms with Gasteiger partial charge in [0.1, 0.15) is 5.82 Å². The van der Waals surface area contributed by atoms with Gasteiger partial charge in [-0.1, -0.05) is 0 Å². The molecule has 1 unspecified atom stereocenters. The number of rotatable bonds is 4. The first-order valence-electron chi connectivity index (χ1n) is 5.89. The molecule has 0 saturated heterocycles. The molecule has 1 aromatic rings. The maximum Gasteiger partial charge on any atom is 0.451 e. The summed E-state index contributed by atoms with van der Waals surface area (Å²) in [5.41, 5.74) is 5.64. The lowest BCUT2D eigenvalue weighted by molar-refractivity contribution is -0.148. The lowest BCUT2D eigenvalue weighted by Gasteiger charge is -2.33. The number of nitrogens with two attached hydrogens (primary N) is 1. The molecule has 1 aliphatic heterocycles. The van der Waals surface area contributed by atoms with Crippen LogP contribution in [0, 0.1) is 0 Å². The van der Waals surface area contributed by atoms with Gasteiger partial charge in [-0.2, -0.15) is 13.2 Å². The Morgan fingerprint density at radius 2 is 2.11 bits per heavy atom. The molecular formula is C10H16F3N5O. The minimum atomic E-state index is -4.47. The molecule has 6 nitrogen and oxygen atoms in total. The Balaban J connectivity index is 2.15. The summed E-state index contributed by atoms with van der Waals surface area (Å²) in [6.45, 7) is 1.80. The van der Waals surface area contributed by atoms with Crippen LogP contribution in [0.4, 0.5) is 13.2 Å². The minimum Gasteiger partial charge on any atom is -0.383 e. The predicted octanol–water partition coefficient (Wildman–Crippen LogP) is 0.0862. The number of halogens is 3. The van der Waals surface area contributed by atoms with Gasteiger partial charge in [-0.05, 0) is 0 Å². The van der Waals surface area contributed by atoms with Gasteiger partial charge in [0.15, 0.2) is 0 Å². The second-order valence-corrected chi connectivity index (χ2v) is 4.40. The maximum atomic E-state index is 12.7. The second kappa shape index (κ2) is 5.43. The summed E-state index contributed by atoms with van der Waals surface area (Å²) in [5, 5.41) is 6.85. The van der Waals surface area contributed by atoms with Gasteiger partial charge in [-0.3, -0.25) is 4.90 Å². The van der Waals surface area contributed by atoms with Crippen LogP contribution in [0.2, 0.25) is 0 Å². The summed E-state index contributed by atoms with van der Waals surface area (Å²) in [6, 6.07) is -0.0233. The summed E-state index contributed by atoms with van der Waals surface area (Å²) in [7, 11) is 1.57. The molecule has 2 heterocycles. The van der Waals surface area contributed by atoms with Crippen molar-refractivity contribution in [3.63, 3.8) is 0 Å². The van der Waals surface area contributed by atoms with Crippen molar-refractivity contribution in [3.8, 4) is 0 Å². The van der Waals surface area contributed by atoms with Crippen molar-refractivity contribution < 1.29 is 17.9 Å². The van der Waals surface area contributed by atoms with Gasteiger partial charge in [-0.25, -0.2) is 0 Å². The SMILES string of the molecule is COCC(CN)N1CCn2c(nnc2C(F)(F)F)C1. The van der Waals surface area contributed by atoms with E-state index in [1.165, 1.54) is 0 Å². The molecule has 0 bridgehead atoms. The van der Waals surface area contributed by atoms with Crippen LogP contribution in [0.3, 0.4) is 0 Å². The van der Waals surface area contributed by atoms with Gasteiger partial charge in [0, 0.05) is 32.8 Å². The second-order valence-electron chi connectivity index (χ2n) is 4.40. The third-order valence-electron chi connectivity index (χ3n) is 3.18. The van der Waals surface area contributed by atoms with Crippen LogP contribution in [-0.4, -0.2) is 52.5 Å². The Morgan fingerprint density at radius 3 is 2.68 bits per heavy atom. The Kier molecular flexibility index (Phi) is 4.07. The summed E-state index contributed by atoms with van der Waals surface area (Å²) < 4.78 is 44.2. The van der Waals surface area contributed by atoms with Crippen molar-refractivity contribution in [2.75, 3.05) is 26.8 Å². The summed E-state index contributed by atoms with van der Waals surface area (Å²) in [6.07, 6.45) is -4.47. The molecule has 1 atom stereocenters. The van der Waals surface area contributed by atoms with Crippen LogP contribution < -0.4 is 5.73 Å². The summed E-state index contributed by atoms with van der Waals surface area (Å²) >= 11 is 0. The van der Waals surface area contributed by atoms with Crippen LogP contribution in [-0.2, 0) is 24.0 Å². The fraction of sp³-hybridized carbons (Fsp3) is 0.800. The molecule has 19 heavy (non-hydrogen) atoms. The first-order valence-corrected chi connectivity index (χ1v) is 5.89. The number of fused-ring (bicyclic) bond motifs is 1. The van der Waals surface area contributed by atoms with Crippen LogP contribution >= 0.6 is 0 Å². The molecule has 0 saturated carbocycles.